The van der Waals surface area contributed by atoms with Crippen molar-refractivity contribution in [2.45, 2.75) is 0 Å². The number of carbonyl (C=O) groups excluding carboxylic acids is 1. The number of hydrogen-bond acceptors (Lipinski definition) is 4. The summed E-state index contributed by atoms with van der Waals surface area (Å²) in [4.78, 5) is 11.0. The molecule has 2 aromatic carbocycles. The van der Waals surface area contributed by atoms with Crippen LogP contribution in [-0.2, 0) is 9.53 Å². The van der Waals surface area contributed by atoms with E-state index in [4.69, 9.17) is 10.00 Å². The monoisotopic (exact) mass is 267 g/mol. The Kier molecular flexibility index (Phi) is 4.35. The van der Waals surface area contributed by atoms with Gasteiger partial charge in [-0.05, 0) is 35.4 Å². The number of methoxy groups -OCH3 is 1. The molecule has 0 amide bonds. The van der Waals surface area contributed by atoms with E-state index >= 15 is 0 Å². The highest BCUT2D eigenvalue weighted by atomic mass is 16.6. The number of nitrogens with zero attached hydrogens (tertiary/aromatic N) is 1. The van der Waals surface area contributed by atoms with Gasteiger partial charge in [-0.1, -0.05) is 24.3 Å². The van der Waals surface area contributed by atoms with Gasteiger partial charge in [-0.3, -0.25) is 0 Å². The number of hydrogen-bond donors (Lipinski definition) is 0. The number of carbonyl (C=O) groups is 1. The number of ether oxygens (including phenoxy) is 2. The lowest BCUT2D eigenvalue weighted by atomic mass is 10.0. The summed E-state index contributed by atoms with van der Waals surface area (Å²) in [5, 5.41) is 8.76. The van der Waals surface area contributed by atoms with Gasteiger partial charge < -0.3 is 9.47 Å². The Morgan fingerprint density at radius 3 is 2.10 bits per heavy atom. The van der Waals surface area contributed by atoms with Crippen LogP contribution >= 0.6 is 0 Å². The molecule has 0 atom stereocenters. The van der Waals surface area contributed by atoms with E-state index in [0.717, 1.165) is 11.1 Å². The zero-order valence-electron chi connectivity index (χ0n) is 11.0. The minimum Gasteiger partial charge on any atom is -0.482 e. The summed E-state index contributed by atoms with van der Waals surface area (Å²) < 4.78 is 9.76. The molecule has 100 valence electrons. The summed E-state index contributed by atoms with van der Waals surface area (Å²) in [6.45, 7) is -0.104. The van der Waals surface area contributed by atoms with E-state index < -0.39 is 5.97 Å². The first kappa shape index (κ1) is 13.6. The molecule has 20 heavy (non-hydrogen) atoms. The predicted molar refractivity (Wildman–Crippen MR) is 74.1 cm³/mol. The molecule has 0 N–H and O–H groups in total. The molecule has 0 spiro atoms. The second-order valence-corrected chi connectivity index (χ2v) is 4.08. The topological polar surface area (TPSA) is 59.3 Å². The summed E-state index contributed by atoms with van der Waals surface area (Å²) in [5.74, 6) is 0.189. The van der Waals surface area contributed by atoms with Gasteiger partial charge in [-0.25, -0.2) is 4.79 Å². The largest absolute Gasteiger partial charge is 0.482 e. The molecule has 0 unspecified atom stereocenters. The quantitative estimate of drug-likeness (QED) is 0.799. The average molecular weight is 267 g/mol. The Hall–Kier alpha value is -2.80. The maximum Gasteiger partial charge on any atom is 0.343 e. The van der Waals surface area contributed by atoms with Crippen LogP contribution < -0.4 is 4.74 Å². The molecule has 0 aliphatic carbocycles. The molecule has 4 heteroatoms. The molecule has 0 bridgehead atoms. The summed E-state index contributed by atoms with van der Waals surface area (Å²) in [6.07, 6.45) is 0. The second kappa shape index (κ2) is 6.39. The number of esters is 1. The van der Waals surface area contributed by atoms with Crippen molar-refractivity contribution in [3.8, 4) is 22.9 Å². The fourth-order valence-electron chi connectivity index (χ4n) is 1.68. The first-order chi connectivity index (χ1) is 9.72. The second-order valence-electron chi connectivity index (χ2n) is 4.08. The molecule has 0 aliphatic heterocycles. The van der Waals surface area contributed by atoms with Crippen LogP contribution in [0, 0.1) is 11.3 Å². The minimum absolute atomic E-state index is 0.104. The van der Waals surface area contributed by atoms with Crippen LogP contribution in [0.15, 0.2) is 48.5 Å². The Bertz CT molecular complexity index is 624. The van der Waals surface area contributed by atoms with Gasteiger partial charge in [0.1, 0.15) is 5.75 Å². The lowest BCUT2D eigenvalue weighted by Crippen LogP contribution is -2.12. The van der Waals surface area contributed by atoms with Gasteiger partial charge in [0.05, 0.1) is 18.7 Å². The van der Waals surface area contributed by atoms with Crippen LogP contribution in [0.5, 0.6) is 5.75 Å². The van der Waals surface area contributed by atoms with E-state index in [1.165, 1.54) is 7.11 Å². The third-order valence-electron chi connectivity index (χ3n) is 2.79. The smallest absolute Gasteiger partial charge is 0.343 e. The fourth-order valence-corrected chi connectivity index (χ4v) is 1.68. The van der Waals surface area contributed by atoms with Gasteiger partial charge in [-0.2, -0.15) is 5.26 Å². The van der Waals surface area contributed by atoms with Crippen LogP contribution in [0.25, 0.3) is 11.1 Å². The van der Waals surface area contributed by atoms with Crippen molar-refractivity contribution in [3.63, 3.8) is 0 Å². The summed E-state index contributed by atoms with van der Waals surface area (Å²) in [6, 6.07) is 16.8. The van der Waals surface area contributed by atoms with E-state index in [-0.39, 0.29) is 6.61 Å². The van der Waals surface area contributed by atoms with Crippen LogP contribution in [-0.4, -0.2) is 19.7 Å². The SMILES string of the molecule is COC(=O)COc1ccc(-c2ccc(C#N)cc2)cc1. The van der Waals surface area contributed by atoms with Crippen LogP contribution in [0.1, 0.15) is 5.56 Å². The van der Waals surface area contributed by atoms with Crippen molar-refractivity contribution >= 4 is 5.97 Å². The molecule has 0 fully saturated rings. The Morgan fingerprint density at radius 1 is 1.05 bits per heavy atom. The minimum atomic E-state index is -0.416. The van der Waals surface area contributed by atoms with Gasteiger partial charge in [-0.15, -0.1) is 0 Å². The van der Waals surface area contributed by atoms with Crippen molar-refractivity contribution in [2.24, 2.45) is 0 Å². The zero-order valence-corrected chi connectivity index (χ0v) is 11.0. The highest BCUT2D eigenvalue weighted by Gasteiger charge is 2.02. The predicted octanol–water partition coefficient (Wildman–Crippen LogP) is 2.78. The Balaban J connectivity index is 2.07. The number of benzene rings is 2. The lowest BCUT2D eigenvalue weighted by molar-refractivity contribution is -0.142. The van der Waals surface area contributed by atoms with Gasteiger partial charge in [0.25, 0.3) is 0 Å². The standard InChI is InChI=1S/C16H13NO3/c1-19-16(18)11-20-15-8-6-14(7-9-15)13-4-2-12(10-17)3-5-13/h2-9H,11H2,1H3. The highest BCUT2D eigenvalue weighted by Crippen LogP contribution is 2.22. The van der Waals surface area contributed by atoms with Crippen LogP contribution in [0.4, 0.5) is 0 Å². The molecule has 0 heterocycles. The maximum atomic E-state index is 11.0. The molecule has 2 aromatic rings. The fraction of sp³-hybridized carbons (Fsp3) is 0.125. The van der Waals surface area contributed by atoms with Gasteiger partial charge in [0.2, 0.25) is 0 Å². The van der Waals surface area contributed by atoms with E-state index in [1.54, 1.807) is 24.3 Å². The first-order valence-electron chi connectivity index (χ1n) is 6.03. The summed E-state index contributed by atoms with van der Waals surface area (Å²) >= 11 is 0. The number of nitriles is 1. The zero-order chi connectivity index (χ0) is 14.4. The molecule has 0 saturated heterocycles. The van der Waals surface area contributed by atoms with Crippen molar-refractivity contribution in [3.05, 3.63) is 54.1 Å². The summed E-state index contributed by atoms with van der Waals surface area (Å²) in [5.41, 5.74) is 2.66. The molecule has 0 aliphatic rings. The van der Waals surface area contributed by atoms with E-state index in [1.807, 2.05) is 24.3 Å². The van der Waals surface area contributed by atoms with Crippen LogP contribution in [0.3, 0.4) is 0 Å². The van der Waals surface area contributed by atoms with E-state index in [0.29, 0.717) is 11.3 Å². The first-order valence-corrected chi connectivity index (χ1v) is 6.03. The molecule has 0 saturated carbocycles. The van der Waals surface area contributed by atoms with Gasteiger partial charge >= 0.3 is 5.97 Å². The molecule has 4 nitrogen and oxygen atoms in total. The Labute approximate surface area is 117 Å². The van der Waals surface area contributed by atoms with Crippen molar-refractivity contribution in [2.75, 3.05) is 13.7 Å². The molecule has 2 rings (SSSR count). The summed E-state index contributed by atoms with van der Waals surface area (Å²) in [7, 11) is 1.32. The molecular formula is C16H13NO3. The lowest BCUT2D eigenvalue weighted by Gasteiger charge is -2.06. The maximum absolute atomic E-state index is 11.0. The van der Waals surface area contributed by atoms with E-state index in [2.05, 4.69) is 10.8 Å². The van der Waals surface area contributed by atoms with Gasteiger partial charge in [0, 0.05) is 0 Å². The normalized spacial score (nSPS) is 9.60. The molecular weight excluding hydrogens is 254 g/mol. The van der Waals surface area contributed by atoms with Crippen molar-refractivity contribution in [1.29, 1.82) is 5.26 Å². The third-order valence-corrected chi connectivity index (χ3v) is 2.79. The highest BCUT2D eigenvalue weighted by molar-refractivity contribution is 5.71. The Morgan fingerprint density at radius 2 is 1.60 bits per heavy atom. The average Bonchev–Trinajstić information content (AvgIpc) is 2.53. The molecule has 0 aromatic heterocycles. The van der Waals surface area contributed by atoms with Crippen LogP contribution in [0.2, 0.25) is 0 Å². The van der Waals surface area contributed by atoms with E-state index in [9.17, 15) is 4.79 Å². The van der Waals surface area contributed by atoms with Crippen molar-refractivity contribution < 1.29 is 14.3 Å². The number of rotatable bonds is 4. The van der Waals surface area contributed by atoms with Gasteiger partial charge in [0.15, 0.2) is 6.61 Å². The third kappa shape index (κ3) is 3.36. The van der Waals surface area contributed by atoms with Crippen molar-refractivity contribution in [1.82, 2.24) is 0 Å². The molecule has 0 radical (unpaired) electrons.